The summed E-state index contributed by atoms with van der Waals surface area (Å²) in [6.07, 6.45) is 6.30. The van der Waals surface area contributed by atoms with Crippen LogP contribution >= 0.6 is 11.3 Å². The number of carbonyl (C=O) groups is 2. The molecule has 9 heteroatoms. The third-order valence-corrected chi connectivity index (χ3v) is 4.45. The lowest BCUT2D eigenvalue weighted by Crippen LogP contribution is -2.42. The first kappa shape index (κ1) is 17.4. The number of hydrogen-bond acceptors (Lipinski definition) is 6. The maximum absolute atomic E-state index is 12.2. The highest BCUT2D eigenvalue weighted by Crippen LogP contribution is 2.18. The van der Waals surface area contributed by atoms with Crippen molar-refractivity contribution in [2.45, 2.75) is 13.3 Å². The number of ketones is 1. The van der Waals surface area contributed by atoms with Gasteiger partial charge in [-0.3, -0.25) is 15.0 Å². The van der Waals surface area contributed by atoms with Gasteiger partial charge in [-0.15, -0.1) is 16.2 Å². The fourth-order valence-electron chi connectivity index (χ4n) is 1.91. The van der Waals surface area contributed by atoms with Gasteiger partial charge in [0.05, 0.1) is 17.7 Å². The number of nitrogens with zero attached hydrogens (tertiary/aromatic N) is 1. The first-order valence-electron chi connectivity index (χ1n) is 6.74. The number of hydrogen-bond donors (Lipinski definition) is 2. The van der Waals surface area contributed by atoms with E-state index >= 15 is 0 Å². The molecule has 0 fully saturated rings. The molecule has 2 N–H and O–H groups in total. The first-order chi connectivity index (χ1) is 10.7. The summed E-state index contributed by atoms with van der Waals surface area (Å²) < 4.78 is 21.9. The minimum absolute atomic E-state index is 0.0417. The number of rotatable bonds is 6. The summed E-state index contributed by atoms with van der Waals surface area (Å²) in [6.45, 7) is 2.05. The van der Waals surface area contributed by atoms with Gasteiger partial charge in [-0.1, -0.05) is 6.08 Å². The van der Waals surface area contributed by atoms with Crippen LogP contribution in [0.3, 0.4) is 0 Å². The fourth-order valence-corrected chi connectivity index (χ4v) is 2.98. The largest absolute Gasteiger partial charge is 0.346 e. The van der Waals surface area contributed by atoms with Crippen LogP contribution in [0.15, 0.2) is 36.2 Å². The summed E-state index contributed by atoms with van der Waals surface area (Å²) in [5.74, 6) is -0.593. The van der Waals surface area contributed by atoms with Gasteiger partial charge in [0.15, 0.2) is 5.78 Å². The van der Waals surface area contributed by atoms with E-state index in [0.717, 1.165) is 11.1 Å². The molecule has 1 aromatic heterocycles. The molecule has 0 atom stereocenters. The van der Waals surface area contributed by atoms with Gasteiger partial charge in [0.25, 0.3) is 5.91 Å². The monoisotopic (exact) mass is 355 g/mol. The lowest BCUT2D eigenvalue weighted by molar-refractivity contribution is -0.118. The molecule has 124 valence electrons. The number of sulfonamides is 1. The highest BCUT2D eigenvalue weighted by atomic mass is 32.2. The minimum Gasteiger partial charge on any atom is -0.346 e. The summed E-state index contributed by atoms with van der Waals surface area (Å²) in [6, 6.07) is 3.67. The molecule has 0 aliphatic carbocycles. The van der Waals surface area contributed by atoms with Crippen molar-refractivity contribution in [2.24, 2.45) is 0 Å². The number of carbonyl (C=O) groups excluding carboxylic acids is 2. The summed E-state index contributed by atoms with van der Waals surface area (Å²) in [4.78, 5) is 29.3. The Kier molecular flexibility index (Phi) is 5.34. The number of amides is 1. The zero-order valence-corrected chi connectivity index (χ0v) is 14.3. The van der Waals surface area contributed by atoms with Crippen LogP contribution in [-0.2, 0) is 14.8 Å². The van der Waals surface area contributed by atoms with Crippen molar-refractivity contribution in [3.63, 3.8) is 0 Å². The summed E-state index contributed by atoms with van der Waals surface area (Å²) in [5, 5.41) is 0. The van der Waals surface area contributed by atoms with Crippen molar-refractivity contribution in [2.75, 3.05) is 12.8 Å². The molecule has 0 spiro atoms. The highest BCUT2D eigenvalue weighted by molar-refractivity contribution is 7.88. The molecular formula is C14H17N3O4S2. The first-order valence-corrected chi connectivity index (χ1v) is 9.45. The predicted octanol–water partition coefficient (Wildman–Crippen LogP) is 0.923. The van der Waals surface area contributed by atoms with E-state index in [9.17, 15) is 18.0 Å². The molecule has 0 unspecified atom stereocenters. The lowest BCUT2D eigenvalue weighted by Gasteiger charge is -2.20. The van der Waals surface area contributed by atoms with E-state index in [1.165, 1.54) is 17.5 Å². The smallest absolute Gasteiger partial charge is 0.263 e. The second-order valence-electron chi connectivity index (χ2n) is 5.08. The van der Waals surface area contributed by atoms with E-state index in [1.54, 1.807) is 23.2 Å². The average molecular weight is 355 g/mol. The Balaban J connectivity index is 1.99. The quantitative estimate of drug-likeness (QED) is 0.584. The summed E-state index contributed by atoms with van der Waals surface area (Å²) >= 11 is 1.43. The molecule has 23 heavy (non-hydrogen) atoms. The van der Waals surface area contributed by atoms with Crippen LogP contribution in [-0.4, -0.2) is 37.8 Å². The maximum atomic E-state index is 12.2. The van der Waals surface area contributed by atoms with E-state index in [0.29, 0.717) is 16.9 Å². The third kappa shape index (κ3) is 5.31. The Bertz CT molecular complexity index is 778. The summed E-state index contributed by atoms with van der Waals surface area (Å²) in [5.41, 5.74) is 2.47. The second-order valence-corrected chi connectivity index (χ2v) is 8.11. The van der Waals surface area contributed by atoms with Crippen LogP contribution in [0.1, 0.15) is 21.0 Å². The normalized spacial score (nSPS) is 14.5. The van der Waals surface area contributed by atoms with Gasteiger partial charge in [-0.05, 0) is 25.5 Å². The molecule has 0 aromatic carbocycles. The van der Waals surface area contributed by atoms with E-state index in [4.69, 9.17) is 0 Å². The van der Waals surface area contributed by atoms with Crippen molar-refractivity contribution in [3.05, 3.63) is 45.9 Å². The van der Waals surface area contributed by atoms with Crippen molar-refractivity contribution in [3.8, 4) is 0 Å². The molecule has 7 nitrogen and oxygen atoms in total. The fraction of sp³-hybridized carbons (Fsp3) is 0.286. The molecule has 0 radical (unpaired) electrons. The van der Waals surface area contributed by atoms with E-state index in [-0.39, 0.29) is 12.3 Å². The van der Waals surface area contributed by atoms with Gasteiger partial charge in [0, 0.05) is 22.9 Å². The van der Waals surface area contributed by atoms with Crippen molar-refractivity contribution >= 4 is 33.1 Å². The number of aryl methyl sites for hydroxylation is 1. The van der Waals surface area contributed by atoms with Gasteiger partial charge in [0.2, 0.25) is 10.0 Å². The predicted molar refractivity (Wildman–Crippen MR) is 88.1 cm³/mol. The molecular weight excluding hydrogens is 338 g/mol. The van der Waals surface area contributed by atoms with Gasteiger partial charge < -0.3 is 4.90 Å². The molecule has 0 bridgehead atoms. The average Bonchev–Trinajstić information content (AvgIpc) is 2.91. The molecule has 1 aliphatic heterocycles. The zero-order valence-electron chi connectivity index (χ0n) is 12.7. The molecule has 1 aromatic rings. The van der Waals surface area contributed by atoms with Crippen molar-refractivity contribution in [1.29, 1.82) is 0 Å². The summed E-state index contributed by atoms with van der Waals surface area (Å²) in [7, 11) is -3.52. The molecule has 2 rings (SSSR count). The second kappa shape index (κ2) is 7.07. The number of Topliss-reactive ketones (excluding diaryl/α,β-unsaturated/α-hetero) is 1. The lowest BCUT2D eigenvalue weighted by atomic mass is 10.1. The van der Waals surface area contributed by atoms with Gasteiger partial charge in [0.1, 0.15) is 0 Å². The third-order valence-electron chi connectivity index (χ3n) is 2.94. The Morgan fingerprint density at radius 3 is 2.70 bits per heavy atom. The van der Waals surface area contributed by atoms with Gasteiger partial charge in [-0.25, -0.2) is 8.42 Å². The van der Waals surface area contributed by atoms with Gasteiger partial charge in [-0.2, -0.15) is 0 Å². The SMILES string of the molecule is Cc1ccc(C(=O)CN2C=CCC(C(=O)NNS(C)(=O)=O)=C2)s1. The van der Waals surface area contributed by atoms with Gasteiger partial charge >= 0.3 is 0 Å². The minimum atomic E-state index is -3.52. The van der Waals surface area contributed by atoms with Crippen LogP contribution in [0.4, 0.5) is 0 Å². The Morgan fingerprint density at radius 2 is 2.09 bits per heavy atom. The van der Waals surface area contributed by atoms with E-state index in [2.05, 4.69) is 5.43 Å². The number of hydrazine groups is 1. The number of thiophene rings is 1. The van der Waals surface area contributed by atoms with Crippen molar-refractivity contribution < 1.29 is 18.0 Å². The van der Waals surface area contributed by atoms with Crippen LogP contribution in [0.2, 0.25) is 0 Å². The number of allylic oxidation sites excluding steroid dienone is 1. The molecule has 2 heterocycles. The van der Waals surface area contributed by atoms with Crippen molar-refractivity contribution in [1.82, 2.24) is 15.2 Å². The van der Waals surface area contributed by atoms with Crippen LogP contribution in [0.5, 0.6) is 0 Å². The van der Waals surface area contributed by atoms with E-state index < -0.39 is 15.9 Å². The zero-order chi connectivity index (χ0) is 17.0. The molecule has 1 aliphatic rings. The Labute approximate surface area is 138 Å². The Morgan fingerprint density at radius 1 is 1.35 bits per heavy atom. The molecule has 1 amide bonds. The maximum Gasteiger partial charge on any atom is 0.263 e. The topological polar surface area (TPSA) is 95.6 Å². The standard InChI is InChI=1S/C14H17N3O4S2/c1-10-5-6-13(22-10)12(18)9-17-7-3-4-11(8-17)14(19)15-16-23(2,20)21/h3,5-8,16H,4,9H2,1-2H3,(H,15,19). The Hall–Kier alpha value is -1.97. The van der Waals surface area contributed by atoms with Crippen LogP contribution < -0.4 is 10.3 Å². The van der Waals surface area contributed by atoms with Crippen LogP contribution in [0.25, 0.3) is 0 Å². The molecule has 0 saturated carbocycles. The highest BCUT2D eigenvalue weighted by Gasteiger charge is 2.17. The molecule has 0 saturated heterocycles. The number of nitrogens with one attached hydrogen (secondary N) is 2. The van der Waals surface area contributed by atoms with E-state index in [1.807, 2.05) is 17.8 Å². The van der Waals surface area contributed by atoms with Crippen LogP contribution in [0, 0.1) is 6.92 Å².